The summed E-state index contributed by atoms with van der Waals surface area (Å²) in [6.45, 7) is 5.50. The first-order valence-corrected chi connectivity index (χ1v) is 5.85. The van der Waals surface area contributed by atoms with Gasteiger partial charge in [-0.25, -0.2) is 0 Å². The first-order valence-electron chi connectivity index (χ1n) is 5.47. The minimum absolute atomic E-state index is 0.0941. The van der Waals surface area contributed by atoms with Crippen molar-refractivity contribution in [2.75, 3.05) is 0 Å². The summed E-state index contributed by atoms with van der Waals surface area (Å²) in [6, 6.07) is 5.59. The van der Waals surface area contributed by atoms with Crippen LogP contribution in [0.25, 0.3) is 0 Å². The average Bonchev–Trinajstić information content (AvgIpc) is 2.19. The number of hydrogen-bond acceptors (Lipinski definition) is 2. The van der Waals surface area contributed by atoms with Crippen LogP contribution in [0.1, 0.15) is 32.8 Å². The van der Waals surface area contributed by atoms with Gasteiger partial charge in [0, 0.05) is 11.4 Å². The Morgan fingerprint density at radius 3 is 2.75 bits per heavy atom. The number of ketones is 1. The van der Waals surface area contributed by atoms with Crippen molar-refractivity contribution in [3.63, 3.8) is 0 Å². The lowest BCUT2D eigenvalue weighted by Crippen LogP contribution is -2.15. The zero-order valence-corrected chi connectivity index (χ0v) is 10.7. The molecule has 88 valence electrons. The van der Waals surface area contributed by atoms with Crippen molar-refractivity contribution in [3.8, 4) is 5.75 Å². The molecule has 1 rings (SSSR count). The molecule has 0 amide bonds. The number of carbonyl (C=O) groups is 1. The third-order valence-electron chi connectivity index (χ3n) is 2.31. The van der Waals surface area contributed by atoms with Crippen molar-refractivity contribution >= 4 is 17.4 Å². The lowest BCUT2D eigenvalue weighted by Gasteiger charge is -2.14. The molecule has 1 atom stereocenters. The largest absolute Gasteiger partial charge is 0.490 e. The van der Waals surface area contributed by atoms with Gasteiger partial charge < -0.3 is 4.74 Å². The maximum absolute atomic E-state index is 10.9. The van der Waals surface area contributed by atoms with E-state index in [4.69, 9.17) is 16.3 Å². The highest BCUT2D eigenvalue weighted by atomic mass is 35.5. The molecule has 1 aromatic carbocycles. The van der Waals surface area contributed by atoms with Gasteiger partial charge >= 0.3 is 0 Å². The Labute approximate surface area is 102 Å². The highest BCUT2D eigenvalue weighted by Gasteiger charge is 2.08. The number of rotatable bonds is 5. The first-order chi connectivity index (χ1) is 7.52. The molecule has 0 heterocycles. The average molecular weight is 241 g/mol. The van der Waals surface area contributed by atoms with Crippen LogP contribution in [0.5, 0.6) is 5.75 Å². The van der Waals surface area contributed by atoms with Gasteiger partial charge in [0.25, 0.3) is 0 Å². The second-order valence-corrected chi connectivity index (χ2v) is 4.35. The Hall–Kier alpha value is -1.02. The van der Waals surface area contributed by atoms with E-state index in [0.717, 1.165) is 22.8 Å². The summed E-state index contributed by atoms with van der Waals surface area (Å²) >= 11 is 6.01. The number of Topliss-reactive ketones (excluding diaryl/α,β-unsaturated/α-hetero) is 1. The number of hydrogen-bond donors (Lipinski definition) is 0. The molecule has 0 saturated heterocycles. The maximum atomic E-state index is 10.9. The molecule has 1 aromatic rings. The van der Waals surface area contributed by atoms with E-state index in [1.807, 2.05) is 32.0 Å². The fraction of sp³-hybridized carbons (Fsp3) is 0.462. The molecular formula is C13H17ClO2. The van der Waals surface area contributed by atoms with Crippen LogP contribution in [-0.4, -0.2) is 11.9 Å². The molecule has 0 saturated carbocycles. The van der Waals surface area contributed by atoms with Gasteiger partial charge in [-0.2, -0.15) is 0 Å². The molecule has 0 N–H and O–H groups in total. The lowest BCUT2D eigenvalue weighted by molar-refractivity contribution is -0.118. The van der Waals surface area contributed by atoms with Crippen molar-refractivity contribution in [2.24, 2.45) is 0 Å². The molecule has 16 heavy (non-hydrogen) atoms. The third-order valence-corrected chi connectivity index (χ3v) is 2.68. The Kier molecular flexibility index (Phi) is 4.81. The third kappa shape index (κ3) is 3.86. The molecule has 0 aromatic heterocycles. The topological polar surface area (TPSA) is 26.3 Å². The summed E-state index contributed by atoms with van der Waals surface area (Å²) in [6.07, 6.45) is 1.21. The van der Waals surface area contributed by atoms with Gasteiger partial charge in [-0.15, -0.1) is 0 Å². The van der Waals surface area contributed by atoms with E-state index in [0.29, 0.717) is 6.42 Å². The molecule has 0 aliphatic heterocycles. The van der Waals surface area contributed by atoms with Gasteiger partial charge in [-0.1, -0.05) is 18.5 Å². The van der Waals surface area contributed by atoms with Crippen LogP contribution in [0, 0.1) is 0 Å². The predicted molar refractivity (Wildman–Crippen MR) is 66.2 cm³/mol. The van der Waals surface area contributed by atoms with Crippen LogP contribution in [0.2, 0.25) is 5.02 Å². The molecule has 3 heteroatoms. The summed E-state index contributed by atoms with van der Waals surface area (Å²) in [5.74, 6) is 0.909. The molecule has 2 nitrogen and oxygen atoms in total. The first kappa shape index (κ1) is 13.0. The fourth-order valence-corrected chi connectivity index (χ4v) is 1.83. The van der Waals surface area contributed by atoms with Crippen molar-refractivity contribution in [1.29, 1.82) is 0 Å². The van der Waals surface area contributed by atoms with E-state index in [2.05, 4.69) is 0 Å². The summed E-state index contributed by atoms with van der Waals surface area (Å²) < 4.78 is 5.64. The van der Waals surface area contributed by atoms with E-state index in [9.17, 15) is 4.79 Å². The lowest BCUT2D eigenvalue weighted by atomic mass is 10.1. The van der Waals surface area contributed by atoms with Crippen LogP contribution in [0.15, 0.2) is 18.2 Å². The Morgan fingerprint density at radius 2 is 2.19 bits per heavy atom. The Balaban J connectivity index is 2.70. The maximum Gasteiger partial charge on any atom is 0.133 e. The summed E-state index contributed by atoms with van der Waals surface area (Å²) in [7, 11) is 0. The molecule has 1 unspecified atom stereocenters. The Bertz CT molecular complexity index is 374. The van der Waals surface area contributed by atoms with Gasteiger partial charge in [0.15, 0.2) is 0 Å². The molecule has 0 aliphatic carbocycles. The van der Waals surface area contributed by atoms with Crippen LogP contribution < -0.4 is 4.74 Å². The standard InChI is InChI=1S/C13H17ClO2/c1-4-11-8-12(5-6-13(11)14)16-10(3)7-9(2)15/h5-6,8,10H,4,7H2,1-3H3. The van der Waals surface area contributed by atoms with E-state index in [-0.39, 0.29) is 11.9 Å². The zero-order valence-electron chi connectivity index (χ0n) is 9.92. The molecule has 0 spiro atoms. The molecule has 0 aliphatic rings. The highest BCUT2D eigenvalue weighted by molar-refractivity contribution is 6.31. The van der Waals surface area contributed by atoms with Gasteiger partial charge in [-0.05, 0) is 44.0 Å². The summed E-state index contributed by atoms with van der Waals surface area (Å²) in [5.41, 5.74) is 1.06. The second kappa shape index (κ2) is 5.90. The molecule has 0 fully saturated rings. The van der Waals surface area contributed by atoms with Crippen molar-refractivity contribution < 1.29 is 9.53 Å². The highest BCUT2D eigenvalue weighted by Crippen LogP contribution is 2.23. The van der Waals surface area contributed by atoms with Crippen LogP contribution >= 0.6 is 11.6 Å². The van der Waals surface area contributed by atoms with Gasteiger partial charge in [0.05, 0.1) is 0 Å². The number of halogens is 1. The van der Waals surface area contributed by atoms with Gasteiger partial charge in [-0.3, -0.25) is 4.79 Å². The SMILES string of the molecule is CCc1cc(OC(C)CC(C)=O)ccc1Cl. The minimum atomic E-state index is -0.0941. The zero-order chi connectivity index (χ0) is 12.1. The van der Waals surface area contributed by atoms with E-state index in [1.165, 1.54) is 0 Å². The minimum Gasteiger partial charge on any atom is -0.490 e. The number of benzene rings is 1. The molecule has 0 bridgehead atoms. The van der Waals surface area contributed by atoms with Crippen molar-refractivity contribution in [1.82, 2.24) is 0 Å². The Morgan fingerprint density at radius 1 is 1.50 bits per heavy atom. The summed E-state index contributed by atoms with van der Waals surface area (Å²) in [5, 5.41) is 0.758. The van der Waals surface area contributed by atoms with E-state index < -0.39 is 0 Å². The monoisotopic (exact) mass is 240 g/mol. The second-order valence-electron chi connectivity index (χ2n) is 3.94. The normalized spacial score (nSPS) is 12.2. The molecular weight excluding hydrogens is 224 g/mol. The van der Waals surface area contributed by atoms with Crippen molar-refractivity contribution in [2.45, 2.75) is 39.7 Å². The summed E-state index contributed by atoms with van der Waals surface area (Å²) in [4.78, 5) is 10.9. The number of carbonyl (C=O) groups excluding carboxylic acids is 1. The van der Waals surface area contributed by atoms with Gasteiger partial charge in [0.1, 0.15) is 17.6 Å². The molecule has 0 radical (unpaired) electrons. The number of ether oxygens (including phenoxy) is 1. The van der Waals surface area contributed by atoms with Crippen LogP contribution in [0.3, 0.4) is 0 Å². The predicted octanol–water partition coefficient (Wildman–Crippen LogP) is 3.65. The van der Waals surface area contributed by atoms with E-state index >= 15 is 0 Å². The van der Waals surface area contributed by atoms with E-state index in [1.54, 1.807) is 6.92 Å². The smallest absolute Gasteiger partial charge is 0.133 e. The van der Waals surface area contributed by atoms with Gasteiger partial charge in [0.2, 0.25) is 0 Å². The quantitative estimate of drug-likeness (QED) is 0.785. The number of aryl methyl sites for hydroxylation is 1. The fourth-order valence-electron chi connectivity index (χ4n) is 1.57. The van der Waals surface area contributed by atoms with Crippen molar-refractivity contribution in [3.05, 3.63) is 28.8 Å². The van der Waals surface area contributed by atoms with Crippen LogP contribution in [0.4, 0.5) is 0 Å². The van der Waals surface area contributed by atoms with Crippen LogP contribution in [-0.2, 0) is 11.2 Å².